The van der Waals surface area contributed by atoms with Gasteiger partial charge in [-0.1, -0.05) is 25.1 Å². The molecule has 1 amide bonds. The van der Waals surface area contributed by atoms with Crippen LogP contribution < -0.4 is 10.1 Å². The predicted octanol–water partition coefficient (Wildman–Crippen LogP) is 1.94. The molecule has 0 saturated carbocycles. The van der Waals surface area contributed by atoms with Crippen LogP contribution in [0.1, 0.15) is 31.7 Å². The lowest BCUT2D eigenvalue weighted by Gasteiger charge is -2.31. The van der Waals surface area contributed by atoms with Crippen LogP contribution in [0.3, 0.4) is 0 Å². The molecule has 6 nitrogen and oxygen atoms in total. The normalized spacial score (nSPS) is 18.7. The largest absolute Gasteiger partial charge is 0.491 e. The van der Waals surface area contributed by atoms with Gasteiger partial charge < -0.3 is 10.1 Å². The molecule has 1 N–H and O–H groups in total. The molecule has 0 radical (unpaired) electrons. The van der Waals surface area contributed by atoms with E-state index in [4.69, 9.17) is 4.74 Å². The number of hydrogen-bond acceptors (Lipinski definition) is 4. The number of carbonyl (C=O) groups is 1. The van der Waals surface area contributed by atoms with Crippen molar-refractivity contribution >= 4 is 15.9 Å². The van der Waals surface area contributed by atoms with E-state index in [2.05, 4.69) is 5.32 Å². The van der Waals surface area contributed by atoms with Crippen LogP contribution in [0.2, 0.25) is 0 Å². The third-order valence-corrected chi connectivity index (χ3v) is 6.41. The summed E-state index contributed by atoms with van der Waals surface area (Å²) in [6, 6.07) is 7.73. The summed E-state index contributed by atoms with van der Waals surface area (Å²) < 4.78 is 31.5. The van der Waals surface area contributed by atoms with Gasteiger partial charge in [-0.15, -0.1) is 0 Å². The summed E-state index contributed by atoms with van der Waals surface area (Å²) in [7, 11) is -3.24. The van der Waals surface area contributed by atoms with Crippen molar-refractivity contribution in [2.75, 3.05) is 32.0 Å². The van der Waals surface area contributed by atoms with Gasteiger partial charge in [0.2, 0.25) is 15.9 Å². The summed E-state index contributed by atoms with van der Waals surface area (Å²) in [5, 5.41) is 2.86. The second-order valence-corrected chi connectivity index (χ2v) is 8.51. The van der Waals surface area contributed by atoms with Crippen LogP contribution in [0.25, 0.3) is 0 Å². The summed E-state index contributed by atoms with van der Waals surface area (Å²) >= 11 is 0. The Balaban J connectivity index is 1.77. The van der Waals surface area contributed by atoms with E-state index < -0.39 is 10.0 Å². The highest BCUT2D eigenvalue weighted by molar-refractivity contribution is 7.89. The van der Waals surface area contributed by atoms with Crippen LogP contribution in [-0.4, -0.2) is 50.6 Å². The van der Waals surface area contributed by atoms with Gasteiger partial charge in [0.1, 0.15) is 12.4 Å². The molecule has 1 unspecified atom stereocenters. The van der Waals surface area contributed by atoms with Gasteiger partial charge in [0.25, 0.3) is 0 Å². The number of hydrogen-bond donors (Lipinski definition) is 1. The molecule has 0 aromatic heterocycles. The molecule has 2 rings (SSSR count). The summed E-state index contributed by atoms with van der Waals surface area (Å²) in [6.45, 7) is 5.42. The van der Waals surface area contributed by atoms with Gasteiger partial charge in [-0.25, -0.2) is 12.7 Å². The number of amides is 1. The molecule has 1 atom stereocenters. The average Bonchev–Trinajstić information content (AvgIpc) is 2.60. The topological polar surface area (TPSA) is 75.7 Å². The molecule has 0 aliphatic carbocycles. The Morgan fingerprint density at radius 3 is 2.84 bits per heavy atom. The molecule has 7 heteroatoms. The number of rotatable bonds is 8. The van der Waals surface area contributed by atoms with Gasteiger partial charge in [0.05, 0.1) is 18.2 Å². The van der Waals surface area contributed by atoms with E-state index in [1.807, 2.05) is 38.1 Å². The highest BCUT2D eigenvalue weighted by Crippen LogP contribution is 2.20. The molecule has 0 bridgehead atoms. The van der Waals surface area contributed by atoms with E-state index in [0.29, 0.717) is 26.1 Å². The lowest BCUT2D eigenvalue weighted by atomic mass is 9.99. The van der Waals surface area contributed by atoms with Crippen LogP contribution in [-0.2, 0) is 14.8 Å². The summed E-state index contributed by atoms with van der Waals surface area (Å²) in [5.74, 6) is 0.584. The Morgan fingerprint density at radius 2 is 2.12 bits per heavy atom. The number of nitrogens with zero attached hydrogens (tertiary/aromatic N) is 1. The lowest BCUT2D eigenvalue weighted by Crippen LogP contribution is -2.46. The van der Waals surface area contributed by atoms with Crippen LogP contribution >= 0.6 is 0 Å². The van der Waals surface area contributed by atoms with E-state index in [9.17, 15) is 13.2 Å². The molecule has 0 spiro atoms. The summed E-state index contributed by atoms with van der Waals surface area (Å²) in [6.07, 6.45) is 2.04. The third kappa shape index (κ3) is 5.71. The fourth-order valence-electron chi connectivity index (χ4n) is 2.99. The summed E-state index contributed by atoms with van der Waals surface area (Å²) in [5.41, 5.74) is 1.05. The van der Waals surface area contributed by atoms with Gasteiger partial charge >= 0.3 is 0 Å². The van der Waals surface area contributed by atoms with Crippen molar-refractivity contribution in [3.05, 3.63) is 29.8 Å². The smallest absolute Gasteiger partial charge is 0.224 e. The highest BCUT2D eigenvalue weighted by atomic mass is 32.2. The van der Waals surface area contributed by atoms with Gasteiger partial charge in [0.15, 0.2) is 0 Å². The van der Waals surface area contributed by atoms with Crippen molar-refractivity contribution in [2.45, 2.75) is 33.1 Å². The monoisotopic (exact) mass is 368 g/mol. The third-order valence-electron chi connectivity index (χ3n) is 4.36. The van der Waals surface area contributed by atoms with Gasteiger partial charge in [-0.05, 0) is 37.8 Å². The Labute approximate surface area is 150 Å². The van der Waals surface area contributed by atoms with Crippen molar-refractivity contribution in [3.63, 3.8) is 0 Å². The lowest BCUT2D eigenvalue weighted by molar-refractivity contribution is -0.126. The molecule has 1 aromatic rings. The Bertz CT molecular complexity index is 675. The number of para-hydroxylation sites is 1. The molecular formula is C18H28N2O4S. The maximum absolute atomic E-state index is 12.3. The van der Waals surface area contributed by atoms with Crippen molar-refractivity contribution in [2.24, 2.45) is 5.92 Å². The van der Waals surface area contributed by atoms with Gasteiger partial charge in [0, 0.05) is 13.1 Å². The Kier molecular flexibility index (Phi) is 7.25. The number of carbonyl (C=O) groups excluding carboxylic acids is 1. The number of piperidine rings is 1. The minimum absolute atomic E-state index is 0.0928. The minimum atomic E-state index is -3.24. The van der Waals surface area contributed by atoms with Crippen LogP contribution in [0.4, 0.5) is 0 Å². The van der Waals surface area contributed by atoms with E-state index in [1.54, 1.807) is 0 Å². The van der Waals surface area contributed by atoms with Crippen LogP contribution in [0, 0.1) is 12.8 Å². The predicted molar refractivity (Wildman–Crippen MR) is 98.1 cm³/mol. The average molecular weight is 368 g/mol. The number of ether oxygens (including phenoxy) is 1. The van der Waals surface area contributed by atoms with Gasteiger partial charge in [-0.2, -0.15) is 0 Å². The Hall–Kier alpha value is -1.60. The van der Waals surface area contributed by atoms with E-state index in [0.717, 1.165) is 24.2 Å². The first-order valence-electron chi connectivity index (χ1n) is 8.88. The Morgan fingerprint density at radius 1 is 1.36 bits per heavy atom. The summed E-state index contributed by atoms with van der Waals surface area (Å²) in [4.78, 5) is 12.3. The SMILES string of the molecule is CCCS(=O)(=O)N1CCCC(C(=O)NCCOc2ccccc2C)C1. The second-order valence-electron chi connectivity index (χ2n) is 6.42. The zero-order valence-electron chi connectivity index (χ0n) is 15.0. The van der Waals surface area contributed by atoms with Crippen molar-refractivity contribution in [3.8, 4) is 5.75 Å². The fraction of sp³-hybridized carbons (Fsp3) is 0.611. The molecule has 1 aliphatic rings. The maximum Gasteiger partial charge on any atom is 0.224 e. The van der Waals surface area contributed by atoms with E-state index in [-0.39, 0.29) is 24.1 Å². The number of aryl methyl sites for hydroxylation is 1. The quantitative estimate of drug-likeness (QED) is 0.712. The molecule has 25 heavy (non-hydrogen) atoms. The van der Waals surface area contributed by atoms with Crippen LogP contribution in [0.5, 0.6) is 5.75 Å². The van der Waals surface area contributed by atoms with Crippen LogP contribution in [0.15, 0.2) is 24.3 Å². The van der Waals surface area contributed by atoms with Crippen molar-refractivity contribution in [1.29, 1.82) is 0 Å². The maximum atomic E-state index is 12.3. The van der Waals surface area contributed by atoms with Crippen molar-refractivity contribution in [1.82, 2.24) is 9.62 Å². The molecule has 140 valence electrons. The number of nitrogens with one attached hydrogen (secondary N) is 1. The molecule has 1 heterocycles. The first-order valence-corrected chi connectivity index (χ1v) is 10.5. The van der Waals surface area contributed by atoms with Crippen molar-refractivity contribution < 1.29 is 17.9 Å². The standard InChI is InChI=1S/C18H28N2O4S/c1-3-13-25(22,23)20-11-6-8-16(14-20)18(21)19-10-12-24-17-9-5-4-7-15(17)2/h4-5,7,9,16H,3,6,8,10-14H2,1-2H3,(H,19,21). The highest BCUT2D eigenvalue weighted by Gasteiger charge is 2.31. The zero-order valence-corrected chi connectivity index (χ0v) is 15.8. The number of benzene rings is 1. The molecule has 1 saturated heterocycles. The zero-order chi connectivity index (χ0) is 18.3. The molecular weight excluding hydrogens is 340 g/mol. The molecule has 1 aliphatic heterocycles. The molecule has 1 fully saturated rings. The van der Waals surface area contributed by atoms with E-state index in [1.165, 1.54) is 4.31 Å². The number of sulfonamides is 1. The first-order chi connectivity index (χ1) is 11.9. The fourth-order valence-corrected chi connectivity index (χ4v) is 4.58. The first kappa shape index (κ1) is 19.7. The molecule has 1 aromatic carbocycles. The van der Waals surface area contributed by atoms with E-state index >= 15 is 0 Å². The van der Waals surface area contributed by atoms with Gasteiger partial charge in [-0.3, -0.25) is 4.79 Å². The second kappa shape index (κ2) is 9.20. The minimum Gasteiger partial charge on any atom is -0.491 e.